The number of hydrogen-bond donors (Lipinski definition) is 1. The number of likely N-dealkylation sites (N-methyl/N-ethyl adjacent to an activating group) is 1. The van der Waals surface area contributed by atoms with Crippen molar-refractivity contribution in [3.8, 4) is 0 Å². The lowest BCUT2D eigenvalue weighted by Crippen LogP contribution is -2.46. The number of anilines is 1. The molecule has 0 aliphatic heterocycles. The first kappa shape index (κ1) is 25.9. The van der Waals surface area contributed by atoms with Gasteiger partial charge in [0.25, 0.3) is 0 Å². The van der Waals surface area contributed by atoms with Gasteiger partial charge in [0, 0.05) is 31.0 Å². The summed E-state index contributed by atoms with van der Waals surface area (Å²) in [6.45, 7) is 4.00. The molecule has 1 atom stereocenters. The van der Waals surface area contributed by atoms with Gasteiger partial charge in [0.1, 0.15) is 6.04 Å². The van der Waals surface area contributed by atoms with Crippen LogP contribution in [0, 0.1) is 6.92 Å². The molecule has 32 heavy (non-hydrogen) atoms. The Bertz CT molecular complexity index is 1040. The number of para-hydroxylation sites is 1. The maximum atomic E-state index is 13.1. The number of nitrogens with zero attached hydrogens (tertiary/aromatic N) is 2. The SMILES string of the molecule is CNC(=O)[C@H](C)N(Cc1ccc(Br)cc1)C(=O)CCCN(c1ccccc1C)S(C)(=O)=O. The van der Waals surface area contributed by atoms with Gasteiger partial charge in [-0.1, -0.05) is 46.3 Å². The zero-order valence-electron chi connectivity index (χ0n) is 18.8. The van der Waals surface area contributed by atoms with E-state index in [9.17, 15) is 18.0 Å². The molecule has 0 unspecified atom stereocenters. The van der Waals surface area contributed by atoms with E-state index in [0.717, 1.165) is 21.9 Å². The molecule has 174 valence electrons. The lowest BCUT2D eigenvalue weighted by molar-refractivity contribution is -0.140. The van der Waals surface area contributed by atoms with Crippen LogP contribution in [0.2, 0.25) is 0 Å². The second kappa shape index (κ2) is 11.5. The Kier molecular flexibility index (Phi) is 9.27. The topological polar surface area (TPSA) is 86.8 Å². The molecule has 1 N–H and O–H groups in total. The van der Waals surface area contributed by atoms with Crippen molar-refractivity contribution in [2.75, 3.05) is 24.2 Å². The van der Waals surface area contributed by atoms with Gasteiger partial charge in [0.15, 0.2) is 0 Å². The van der Waals surface area contributed by atoms with Crippen LogP contribution in [0.4, 0.5) is 5.69 Å². The monoisotopic (exact) mass is 523 g/mol. The molecular weight excluding hydrogens is 494 g/mol. The first-order valence-electron chi connectivity index (χ1n) is 10.3. The molecule has 0 aromatic heterocycles. The van der Waals surface area contributed by atoms with Crippen LogP contribution in [0.3, 0.4) is 0 Å². The van der Waals surface area contributed by atoms with E-state index in [1.807, 2.05) is 43.3 Å². The van der Waals surface area contributed by atoms with E-state index < -0.39 is 16.1 Å². The van der Waals surface area contributed by atoms with Crippen LogP contribution in [0.25, 0.3) is 0 Å². The zero-order chi connectivity index (χ0) is 23.9. The third-order valence-corrected chi connectivity index (χ3v) is 6.92. The average Bonchev–Trinajstić information content (AvgIpc) is 2.75. The summed E-state index contributed by atoms with van der Waals surface area (Å²) in [7, 11) is -1.97. The first-order valence-corrected chi connectivity index (χ1v) is 13.0. The number of carbonyl (C=O) groups excluding carboxylic acids is 2. The second-order valence-electron chi connectivity index (χ2n) is 7.66. The Balaban J connectivity index is 2.14. The Morgan fingerprint density at radius 2 is 1.72 bits per heavy atom. The molecule has 2 rings (SSSR count). The van der Waals surface area contributed by atoms with Gasteiger partial charge in [-0.15, -0.1) is 0 Å². The Hall–Kier alpha value is -2.39. The summed E-state index contributed by atoms with van der Waals surface area (Å²) >= 11 is 3.39. The molecule has 9 heteroatoms. The van der Waals surface area contributed by atoms with Crippen molar-refractivity contribution in [1.29, 1.82) is 0 Å². The molecule has 2 amide bonds. The molecular formula is C23H30BrN3O4S. The van der Waals surface area contributed by atoms with E-state index >= 15 is 0 Å². The predicted octanol–water partition coefficient (Wildman–Crippen LogP) is 3.47. The summed E-state index contributed by atoms with van der Waals surface area (Å²) in [6.07, 6.45) is 1.61. The van der Waals surface area contributed by atoms with Crippen LogP contribution in [0.15, 0.2) is 53.0 Å². The fraction of sp³-hybridized carbons (Fsp3) is 0.391. The summed E-state index contributed by atoms with van der Waals surface area (Å²) in [5, 5.41) is 2.59. The minimum atomic E-state index is -3.51. The molecule has 0 aliphatic carbocycles. The molecule has 0 spiro atoms. The van der Waals surface area contributed by atoms with Gasteiger partial charge in [-0.05, 0) is 49.6 Å². The number of aryl methyl sites for hydroxylation is 1. The molecule has 0 heterocycles. The van der Waals surface area contributed by atoms with Crippen LogP contribution in [-0.2, 0) is 26.2 Å². The van der Waals surface area contributed by atoms with Crippen molar-refractivity contribution >= 4 is 43.5 Å². The molecule has 7 nitrogen and oxygen atoms in total. The number of halogens is 1. The summed E-state index contributed by atoms with van der Waals surface area (Å²) in [5.41, 5.74) is 2.34. The van der Waals surface area contributed by atoms with Crippen LogP contribution in [-0.4, -0.2) is 51.0 Å². The quantitative estimate of drug-likeness (QED) is 0.516. The van der Waals surface area contributed by atoms with E-state index in [4.69, 9.17) is 0 Å². The molecule has 0 radical (unpaired) electrons. The van der Waals surface area contributed by atoms with Gasteiger partial charge in [-0.3, -0.25) is 13.9 Å². The van der Waals surface area contributed by atoms with E-state index in [2.05, 4.69) is 21.2 Å². The van der Waals surface area contributed by atoms with Gasteiger partial charge >= 0.3 is 0 Å². The normalized spacial score (nSPS) is 12.2. The van der Waals surface area contributed by atoms with Gasteiger partial charge in [0.05, 0.1) is 11.9 Å². The first-order chi connectivity index (χ1) is 15.0. The summed E-state index contributed by atoms with van der Waals surface area (Å²) in [6, 6.07) is 14.1. The lowest BCUT2D eigenvalue weighted by atomic mass is 10.1. The van der Waals surface area contributed by atoms with Gasteiger partial charge in [-0.2, -0.15) is 0 Å². The summed E-state index contributed by atoms with van der Waals surface area (Å²) in [4.78, 5) is 26.8. The highest BCUT2D eigenvalue weighted by Gasteiger charge is 2.26. The van der Waals surface area contributed by atoms with Crippen molar-refractivity contribution in [2.24, 2.45) is 0 Å². The zero-order valence-corrected chi connectivity index (χ0v) is 21.2. The van der Waals surface area contributed by atoms with Crippen LogP contribution in [0.5, 0.6) is 0 Å². The van der Waals surface area contributed by atoms with Gasteiger partial charge in [-0.25, -0.2) is 8.42 Å². The predicted molar refractivity (Wildman–Crippen MR) is 131 cm³/mol. The smallest absolute Gasteiger partial charge is 0.242 e. The summed E-state index contributed by atoms with van der Waals surface area (Å²) < 4.78 is 27.0. The molecule has 2 aromatic carbocycles. The van der Waals surface area contributed by atoms with Crippen molar-refractivity contribution in [3.63, 3.8) is 0 Å². The fourth-order valence-corrected chi connectivity index (χ4v) is 4.69. The molecule has 0 bridgehead atoms. The molecule has 0 saturated carbocycles. The van der Waals surface area contributed by atoms with Gasteiger partial charge in [0.2, 0.25) is 21.8 Å². The molecule has 0 fully saturated rings. The minimum Gasteiger partial charge on any atom is -0.357 e. The minimum absolute atomic E-state index is 0.121. The van der Waals surface area contributed by atoms with Crippen LogP contribution >= 0.6 is 15.9 Å². The third-order valence-electron chi connectivity index (χ3n) is 5.22. The third kappa shape index (κ3) is 7.06. The van der Waals surface area contributed by atoms with Crippen molar-refractivity contribution < 1.29 is 18.0 Å². The van der Waals surface area contributed by atoms with E-state index in [-0.39, 0.29) is 31.3 Å². The van der Waals surface area contributed by atoms with Crippen LogP contribution in [0.1, 0.15) is 30.9 Å². The van der Waals surface area contributed by atoms with Crippen LogP contribution < -0.4 is 9.62 Å². The Morgan fingerprint density at radius 3 is 2.28 bits per heavy atom. The standard InChI is InChI=1S/C23H30BrN3O4S/c1-17-8-5-6-9-21(17)27(32(4,30)31)15-7-10-22(28)26(18(2)23(29)25-3)16-19-11-13-20(24)14-12-19/h5-6,8-9,11-14,18H,7,10,15-16H2,1-4H3,(H,25,29)/t18-/m0/s1. The maximum absolute atomic E-state index is 13.1. The largest absolute Gasteiger partial charge is 0.357 e. The number of amides is 2. The Labute approximate surface area is 199 Å². The van der Waals surface area contributed by atoms with Gasteiger partial charge < -0.3 is 10.2 Å². The number of sulfonamides is 1. The van der Waals surface area contributed by atoms with Crippen molar-refractivity contribution in [2.45, 2.75) is 39.3 Å². The van der Waals surface area contributed by atoms with Crippen molar-refractivity contribution in [3.05, 3.63) is 64.1 Å². The van der Waals surface area contributed by atoms with E-state index in [1.165, 1.54) is 16.3 Å². The van der Waals surface area contributed by atoms with Crippen molar-refractivity contribution in [1.82, 2.24) is 10.2 Å². The number of nitrogens with one attached hydrogen (secondary N) is 1. The number of carbonyl (C=O) groups is 2. The highest BCUT2D eigenvalue weighted by atomic mass is 79.9. The lowest BCUT2D eigenvalue weighted by Gasteiger charge is -2.29. The average molecular weight is 524 g/mol. The maximum Gasteiger partial charge on any atom is 0.242 e. The molecule has 2 aromatic rings. The number of hydrogen-bond acceptors (Lipinski definition) is 4. The second-order valence-corrected chi connectivity index (χ2v) is 10.5. The molecule has 0 aliphatic rings. The highest BCUT2D eigenvalue weighted by molar-refractivity contribution is 9.10. The Morgan fingerprint density at radius 1 is 1.09 bits per heavy atom. The molecule has 0 saturated heterocycles. The van der Waals surface area contributed by atoms with E-state index in [1.54, 1.807) is 19.1 Å². The number of benzene rings is 2. The highest BCUT2D eigenvalue weighted by Crippen LogP contribution is 2.23. The number of rotatable bonds is 10. The summed E-state index contributed by atoms with van der Waals surface area (Å²) in [5.74, 6) is -0.463. The van der Waals surface area contributed by atoms with E-state index in [0.29, 0.717) is 12.1 Å². The fourth-order valence-electron chi connectivity index (χ4n) is 3.40.